The Balaban J connectivity index is 2.53. The van der Waals surface area contributed by atoms with Gasteiger partial charge in [-0.15, -0.1) is 0 Å². The Labute approximate surface area is 105 Å². The van der Waals surface area contributed by atoms with Crippen molar-refractivity contribution in [1.29, 1.82) is 0 Å². The molecule has 1 unspecified atom stereocenters. The fourth-order valence-corrected chi connectivity index (χ4v) is 1.80. The van der Waals surface area contributed by atoms with E-state index >= 15 is 0 Å². The minimum absolute atomic E-state index is 0.0239. The number of halogens is 1. The molecule has 0 aliphatic rings. The zero-order chi connectivity index (χ0) is 12.6. The van der Waals surface area contributed by atoms with E-state index in [0.717, 1.165) is 22.8 Å². The molecule has 0 saturated carbocycles. The first-order valence-corrected chi connectivity index (χ1v) is 5.82. The van der Waals surface area contributed by atoms with Crippen LogP contribution in [0.15, 0.2) is 18.3 Å². The summed E-state index contributed by atoms with van der Waals surface area (Å²) in [6.45, 7) is 5.73. The van der Waals surface area contributed by atoms with Crippen LogP contribution in [0.5, 0.6) is 0 Å². The Bertz CT molecular complexity index is 545. The molecule has 2 heterocycles. The smallest absolute Gasteiger partial charge is 0.153 e. The quantitative estimate of drug-likeness (QED) is 0.891. The van der Waals surface area contributed by atoms with E-state index in [1.165, 1.54) is 0 Å². The first-order valence-electron chi connectivity index (χ1n) is 5.44. The van der Waals surface area contributed by atoms with Gasteiger partial charge in [0, 0.05) is 12.2 Å². The summed E-state index contributed by atoms with van der Waals surface area (Å²) in [6, 6.07) is 3.81. The van der Waals surface area contributed by atoms with Crippen molar-refractivity contribution in [3.63, 3.8) is 0 Å². The first kappa shape index (κ1) is 12.1. The molecule has 0 bridgehead atoms. The third-order valence-corrected chi connectivity index (χ3v) is 3.26. The van der Waals surface area contributed by atoms with E-state index in [4.69, 9.17) is 17.3 Å². The third-order valence-electron chi connectivity index (χ3n) is 2.72. The van der Waals surface area contributed by atoms with Crippen molar-refractivity contribution in [1.82, 2.24) is 14.8 Å². The molecular weight excluding hydrogens is 236 g/mol. The van der Waals surface area contributed by atoms with Gasteiger partial charge in [-0.2, -0.15) is 5.10 Å². The highest BCUT2D eigenvalue weighted by molar-refractivity contribution is 6.31. The van der Waals surface area contributed by atoms with Crippen LogP contribution in [0.4, 0.5) is 0 Å². The van der Waals surface area contributed by atoms with Crippen LogP contribution in [-0.2, 0) is 0 Å². The number of nitrogens with two attached hydrogens (primary N) is 1. The third kappa shape index (κ3) is 2.18. The maximum Gasteiger partial charge on any atom is 0.153 e. The molecule has 4 nitrogen and oxygen atoms in total. The molecule has 2 aromatic heterocycles. The van der Waals surface area contributed by atoms with Gasteiger partial charge in [0.1, 0.15) is 0 Å². The average molecular weight is 251 g/mol. The van der Waals surface area contributed by atoms with Crippen LogP contribution in [-0.4, -0.2) is 14.8 Å². The molecule has 0 aliphatic carbocycles. The molecule has 1 atom stereocenters. The predicted molar refractivity (Wildman–Crippen MR) is 68.4 cm³/mol. The monoisotopic (exact) mass is 250 g/mol. The highest BCUT2D eigenvalue weighted by Gasteiger charge is 2.12. The van der Waals surface area contributed by atoms with Gasteiger partial charge in [0.2, 0.25) is 0 Å². The second-order valence-electron chi connectivity index (χ2n) is 4.13. The molecule has 17 heavy (non-hydrogen) atoms. The fourth-order valence-electron chi connectivity index (χ4n) is 1.68. The van der Waals surface area contributed by atoms with Gasteiger partial charge < -0.3 is 5.73 Å². The predicted octanol–water partition coefficient (Wildman–Crippen LogP) is 2.56. The fraction of sp³-hybridized carbons (Fsp3) is 0.333. The number of rotatable bonds is 2. The molecule has 0 aliphatic heterocycles. The van der Waals surface area contributed by atoms with Crippen LogP contribution >= 0.6 is 11.6 Å². The normalized spacial score (nSPS) is 12.8. The summed E-state index contributed by atoms with van der Waals surface area (Å²) < 4.78 is 1.74. The van der Waals surface area contributed by atoms with Gasteiger partial charge in [0.15, 0.2) is 5.82 Å². The van der Waals surface area contributed by atoms with E-state index in [2.05, 4.69) is 10.1 Å². The van der Waals surface area contributed by atoms with Crippen molar-refractivity contribution < 1.29 is 0 Å². The molecule has 0 saturated heterocycles. The van der Waals surface area contributed by atoms with Gasteiger partial charge in [0.25, 0.3) is 0 Å². The van der Waals surface area contributed by atoms with Crippen LogP contribution in [0.2, 0.25) is 5.02 Å². The summed E-state index contributed by atoms with van der Waals surface area (Å²) in [5, 5.41) is 5.04. The van der Waals surface area contributed by atoms with Gasteiger partial charge in [-0.3, -0.25) is 0 Å². The van der Waals surface area contributed by atoms with Gasteiger partial charge in [-0.05, 0) is 38.5 Å². The zero-order valence-corrected chi connectivity index (χ0v) is 10.9. The van der Waals surface area contributed by atoms with Crippen LogP contribution in [0.25, 0.3) is 5.82 Å². The molecule has 0 amide bonds. The Morgan fingerprint density at radius 1 is 1.41 bits per heavy atom. The molecule has 2 N–H and O–H groups in total. The van der Waals surface area contributed by atoms with E-state index in [-0.39, 0.29) is 6.04 Å². The standard InChI is InChI=1S/C12H15ClN4/c1-7(14)10-4-5-15-11(6-10)17-9(3)12(13)8(2)16-17/h4-7H,14H2,1-3H3. The van der Waals surface area contributed by atoms with Gasteiger partial charge in [-0.1, -0.05) is 11.6 Å². The Hall–Kier alpha value is -1.39. The van der Waals surface area contributed by atoms with Crippen LogP contribution < -0.4 is 5.73 Å². The SMILES string of the molecule is Cc1nn(-c2cc(C(C)N)ccn2)c(C)c1Cl. The number of aryl methyl sites for hydroxylation is 1. The van der Waals surface area contributed by atoms with E-state index < -0.39 is 0 Å². The maximum atomic E-state index is 6.11. The lowest BCUT2D eigenvalue weighted by Crippen LogP contribution is -2.08. The second-order valence-corrected chi connectivity index (χ2v) is 4.51. The Morgan fingerprint density at radius 3 is 2.65 bits per heavy atom. The summed E-state index contributed by atoms with van der Waals surface area (Å²) in [5.41, 5.74) is 8.57. The number of nitrogens with zero attached hydrogens (tertiary/aromatic N) is 3. The van der Waals surface area contributed by atoms with E-state index in [1.54, 1.807) is 10.9 Å². The maximum absolute atomic E-state index is 6.11. The molecule has 0 aromatic carbocycles. The van der Waals surface area contributed by atoms with Crippen molar-refractivity contribution in [2.75, 3.05) is 0 Å². The molecule has 0 radical (unpaired) electrons. The summed E-state index contributed by atoms with van der Waals surface area (Å²) in [7, 11) is 0. The van der Waals surface area contributed by atoms with Crippen LogP contribution in [0.1, 0.15) is 29.9 Å². The van der Waals surface area contributed by atoms with Crippen molar-refractivity contribution in [3.8, 4) is 5.82 Å². The molecule has 2 aromatic rings. The average Bonchev–Trinajstić information content (AvgIpc) is 2.57. The van der Waals surface area contributed by atoms with E-state index in [0.29, 0.717) is 5.02 Å². The number of hydrogen-bond acceptors (Lipinski definition) is 3. The van der Waals surface area contributed by atoms with Crippen molar-refractivity contribution in [2.24, 2.45) is 5.73 Å². The minimum atomic E-state index is -0.0239. The zero-order valence-electron chi connectivity index (χ0n) is 10.1. The summed E-state index contributed by atoms with van der Waals surface area (Å²) in [5.74, 6) is 0.743. The van der Waals surface area contributed by atoms with E-state index in [1.807, 2.05) is 32.9 Å². The molecule has 5 heteroatoms. The van der Waals surface area contributed by atoms with Crippen LogP contribution in [0.3, 0.4) is 0 Å². The van der Waals surface area contributed by atoms with Gasteiger partial charge in [0.05, 0.1) is 16.4 Å². The largest absolute Gasteiger partial charge is 0.324 e. The summed E-state index contributed by atoms with van der Waals surface area (Å²) in [6.07, 6.45) is 1.73. The van der Waals surface area contributed by atoms with E-state index in [9.17, 15) is 0 Å². The van der Waals surface area contributed by atoms with Crippen molar-refractivity contribution in [2.45, 2.75) is 26.8 Å². The lowest BCUT2D eigenvalue weighted by molar-refractivity contribution is 0.780. The molecule has 2 rings (SSSR count). The van der Waals surface area contributed by atoms with Crippen molar-refractivity contribution in [3.05, 3.63) is 40.3 Å². The summed E-state index contributed by atoms with van der Waals surface area (Å²) >= 11 is 6.11. The number of aromatic nitrogens is 3. The molecule has 0 fully saturated rings. The minimum Gasteiger partial charge on any atom is -0.324 e. The number of hydrogen-bond donors (Lipinski definition) is 1. The van der Waals surface area contributed by atoms with Gasteiger partial charge >= 0.3 is 0 Å². The lowest BCUT2D eigenvalue weighted by Gasteiger charge is -2.08. The topological polar surface area (TPSA) is 56.7 Å². The molecular formula is C12H15ClN4. The number of pyridine rings is 1. The molecule has 0 spiro atoms. The van der Waals surface area contributed by atoms with Gasteiger partial charge in [-0.25, -0.2) is 9.67 Å². The van der Waals surface area contributed by atoms with Crippen molar-refractivity contribution >= 4 is 11.6 Å². The van der Waals surface area contributed by atoms with Crippen LogP contribution in [0, 0.1) is 13.8 Å². The lowest BCUT2D eigenvalue weighted by atomic mass is 10.1. The first-order chi connectivity index (χ1) is 8.00. The Kier molecular flexibility index (Phi) is 3.17. The molecule has 90 valence electrons. The second kappa shape index (κ2) is 4.47. The highest BCUT2D eigenvalue weighted by Crippen LogP contribution is 2.22. The Morgan fingerprint density at radius 2 is 2.12 bits per heavy atom. The highest BCUT2D eigenvalue weighted by atomic mass is 35.5. The summed E-state index contributed by atoms with van der Waals surface area (Å²) in [4.78, 5) is 4.29.